The van der Waals surface area contributed by atoms with Crippen molar-refractivity contribution in [3.8, 4) is 17.1 Å². The number of phenolic OH excluding ortho intramolecular Hbond substituents is 1. The Balaban J connectivity index is 2.23. The van der Waals surface area contributed by atoms with E-state index in [0.717, 1.165) is 16.7 Å². The zero-order valence-corrected chi connectivity index (χ0v) is 13.0. The number of aromatic amines is 1. The highest BCUT2D eigenvalue weighted by Crippen LogP contribution is 2.28. The summed E-state index contributed by atoms with van der Waals surface area (Å²) in [5.74, 6) is 1.75. The molecule has 3 rings (SSSR count). The van der Waals surface area contributed by atoms with Gasteiger partial charge in [-0.1, -0.05) is 24.3 Å². The summed E-state index contributed by atoms with van der Waals surface area (Å²) in [5, 5.41) is 14.6. The highest BCUT2D eigenvalue weighted by Gasteiger charge is 2.21. The monoisotopic (exact) mass is 294 g/mol. The van der Waals surface area contributed by atoms with Crippen molar-refractivity contribution < 1.29 is 10.1 Å². The van der Waals surface area contributed by atoms with Gasteiger partial charge in [0.05, 0.1) is 16.5 Å². The number of hydrogen-bond donors (Lipinski definition) is 2. The van der Waals surface area contributed by atoms with E-state index in [-0.39, 0.29) is 11.3 Å². The molecule has 112 valence electrons. The van der Waals surface area contributed by atoms with Gasteiger partial charge in [-0.3, -0.25) is 0 Å². The van der Waals surface area contributed by atoms with Crippen LogP contribution in [0, 0.1) is 0 Å². The van der Waals surface area contributed by atoms with Crippen LogP contribution < -0.4 is 10.3 Å². The van der Waals surface area contributed by atoms with Crippen LogP contribution in [0.5, 0.6) is 5.75 Å². The molecule has 0 radical (unpaired) electrons. The van der Waals surface area contributed by atoms with E-state index in [9.17, 15) is 5.11 Å². The summed E-state index contributed by atoms with van der Waals surface area (Å²) < 4.78 is 0. The third-order valence-corrected chi connectivity index (χ3v) is 3.31. The van der Waals surface area contributed by atoms with Gasteiger partial charge in [0.1, 0.15) is 5.75 Å². The normalized spacial score (nSPS) is 11.6. The van der Waals surface area contributed by atoms with Crippen molar-refractivity contribution in [2.24, 2.45) is 0 Å². The average molecular weight is 294 g/mol. The fourth-order valence-electron chi connectivity index (χ4n) is 2.39. The smallest absolute Gasteiger partial charge is 0.272 e. The van der Waals surface area contributed by atoms with Crippen LogP contribution in [-0.2, 0) is 0 Å². The highest BCUT2D eigenvalue weighted by molar-refractivity contribution is 5.88. The lowest BCUT2D eigenvalue weighted by Gasteiger charge is -2.18. The van der Waals surface area contributed by atoms with Gasteiger partial charge >= 0.3 is 0 Å². The Hall–Kier alpha value is -2.62. The summed E-state index contributed by atoms with van der Waals surface area (Å²) in [6, 6.07) is 15.2. The number of H-pyrrole nitrogens is 1. The second-order valence-corrected chi connectivity index (χ2v) is 6.37. The molecule has 1 aromatic heterocycles. The molecule has 0 saturated heterocycles. The molecule has 0 unspecified atom stereocenters. The van der Waals surface area contributed by atoms with Crippen LogP contribution in [-0.4, -0.2) is 15.6 Å². The number of hydrogen-bond acceptors (Lipinski definition) is 3. The van der Waals surface area contributed by atoms with Crippen molar-refractivity contribution in [1.29, 1.82) is 0 Å². The van der Waals surface area contributed by atoms with E-state index < -0.39 is 0 Å². The zero-order chi connectivity index (χ0) is 15.7. The molecule has 1 heterocycles. The van der Waals surface area contributed by atoms with Gasteiger partial charge in [0.15, 0.2) is 5.52 Å². The molecule has 0 aliphatic rings. The van der Waals surface area contributed by atoms with Crippen LogP contribution in [0.4, 0.5) is 5.82 Å². The fourth-order valence-corrected chi connectivity index (χ4v) is 2.39. The van der Waals surface area contributed by atoms with Crippen molar-refractivity contribution in [1.82, 2.24) is 4.98 Å². The molecule has 0 atom stereocenters. The Labute approximate surface area is 129 Å². The summed E-state index contributed by atoms with van der Waals surface area (Å²) in [5.41, 5.74) is 1.48. The maximum Gasteiger partial charge on any atom is 0.272 e. The number of aromatic nitrogens is 2. The van der Waals surface area contributed by atoms with Gasteiger partial charge in [0, 0.05) is 0 Å². The molecular weight excluding hydrogens is 274 g/mol. The molecule has 0 fully saturated rings. The number of anilines is 1. The molecule has 3 aromatic rings. The number of benzene rings is 2. The van der Waals surface area contributed by atoms with Gasteiger partial charge in [0.2, 0.25) is 5.82 Å². The third-order valence-electron chi connectivity index (χ3n) is 3.31. The lowest BCUT2D eigenvalue weighted by atomic mass is 10.1. The summed E-state index contributed by atoms with van der Waals surface area (Å²) in [7, 11) is 0. The quantitative estimate of drug-likeness (QED) is 0.758. The summed E-state index contributed by atoms with van der Waals surface area (Å²) in [6.45, 7) is 6.32. The predicted molar refractivity (Wildman–Crippen MR) is 88.8 cm³/mol. The van der Waals surface area contributed by atoms with Crippen molar-refractivity contribution in [3.05, 3.63) is 48.5 Å². The first-order chi connectivity index (χ1) is 10.4. The highest BCUT2D eigenvalue weighted by atomic mass is 16.3. The zero-order valence-electron chi connectivity index (χ0n) is 13.0. The fraction of sp³-hybridized carbons (Fsp3) is 0.222. The van der Waals surface area contributed by atoms with Crippen molar-refractivity contribution >= 4 is 16.7 Å². The lowest BCUT2D eigenvalue weighted by molar-refractivity contribution is -0.350. The molecule has 0 amide bonds. The molecule has 2 aromatic carbocycles. The van der Waals surface area contributed by atoms with Crippen molar-refractivity contribution in [2.45, 2.75) is 26.3 Å². The molecule has 0 spiro atoms. The van der Waals surface area contributed by atoms with E-state index in [1.807, 2.05) is 36.4 Å². The SMILES string of the molecule is CC(C)(C)Nc1[nH+]c(-c2ccccc2O)nc2ccccc12. The number of fused-ring (bicyclic) bond motifs is 1. The first-order valence-corrected chi connectivity index (χ1v) is 7.33. The Kier molecular flexibility index (Phi) is 3.45. The van der Waals surface area contributed by atoms with Crippen LogP contribution in [0.2, 0.25) is 0 Å². The number of phenols is 1. The van der Waals surface area contributed by atoms with Gasteiger partial charge in [-0.25, -0.2) is 4.98 Å². The minimum absolute atomic E-state index is 0.0867. The maximum absolute atomic E-state index is 10.1. The van der Waals surface area contributed by atoms with Gasteiger partial charge in [-0.2, -0.15) is 0 Å². The van der Waals surface area contributed by atoms with E-state index >= 15 is 0 Å². The third kappa shape index (κ3) is 2.86. The second-order valence-electron chi connectivity index (χ2n) is 6.37. The molecule has 0 aliphatic heterocycles. The number of rotatable bonds is 2. The van der Waals surface area contributed by atoms with Gasteiger partial charge in [-0.05, 0) is 45.0 Å². The topological polar surface area (TPSA) is 59.3 Å². The largest absolute Gasteiger partial charge is 0.507 e. The summed E-state index contributed by atoms with van der Waals surface area (Å²) >= 11 is 0. The minimum atomic E-state index is -0.0867. The predicted octanol–water partition coefficient (Wildman–Crippen LogP) is 3.63. The first kappa shape index (κ1) is 14.3. The first-order valence-electron chi connectivity index (χ1n) is 7.33. The summed E-state index contributed by atoms with van der Waals surface area (Å²) in [4.78, 5) is 7.96. The van der Waals surface area contributed by atoms with E-state index in [1.165, 1.54) is 0 Å². The van der Waals surface area contributed by atoms with Crippen molar-refractivity contribution in [3.63, 3.8) is 0 Å². The lowest BCUT2D eigenvalue weighted by Crippen LogP contribution is -2.31. The number of aromatic hydroxyl groups is 1. The molecule has 4 heteroatoms. The van der Waals surface area contributed by atoms with Crippen LogP contribution >= 0.6 is 0 Å². The average Bonchev–Trinajstić information content (AvgIpc) is 2.46. The number of nitrogens with zero attached hydrogens (tertiary/aromatic N) is 1. The molecular formula is C18H20N3O+. The van der Waals surface area contributed by atoms with E-state index in [1.54, 1.807) is 12.1 Å². The standard InChI is InChI=1S/C18H19N3O/c1-18(2,3)21-17-12-8-4-6-10-14(12)19-16(20-17)13-9-5-7-11-15(13)22/h4-11,22H,1-3H3,(H,19,20,21)/p+1. The second kappa shape index (κ2) is 5.30. The number of nitrogens with one attached hydrogen (secondary N) is 2. The minimum Gasteiger partial charge on any atom is -0.507 e. The van der Waals surface area contributed by atoms with E-state index in [2.05, 4.69) is 36.1 Å². The van der Waals surface area contributed by atoms with E-state index in [0.29, 0.717) is 11.4 Å². The molecule has 0 saturated carbocycles. The van der Waals surface area contributed by atoms with Gasteiger partial charge in [-0.15, -0.1) is 4.98 Å². The van der Waals surface area contributed by atoms with Crippen LogP contribution in [0.1, 0.15) is 20.8 Å². The Morgan fingerprint density at radius 3 is 2.41 bits per heavy atom. The van der Waals surface area contributed by atoms with Crippen LogP contribution in [0.25, 0.3) is 22.3 Å². The van der Waals surface area contributed by atoms with Crippen LogP contribution in [0.15, 0.2) is 48.5 Å². The molecule has 22 heavy (non-hydrogen) atoms. The van der Waals surface area contributed by atoms with Crippen molar-refractivity contribution in [2.75, 3.05) is 5.32 Å². The maximum atomic E-state index is 10.1. The summed E-state index contributed by atoms with van der Waals surface area (Å²) in [6.07, 6.45) is 0. The Bertz CT molecular complexity index is 822. The van der Waals surface area contributed by atoms with E-state index in [4.69, 9.17) is 0 Å². The van der Waals surface area contributed by atoms with Gasteiger partial charge < -0.3 is 10.4 Å². The molecule has 4 nitrogen and oxygen atoms in total. The Morgan fingerprint density at radius 2 is 1.68 bits per heavy atom. The van der Waals surface area contributed by atoms with Gasteiger partial charge in [0.25, 0.3) is 5.82 Å². The number of para-hydroxylation sites is 2. The van der Waals surface area contributed by atoms with Crippen LogP contribution in [0.3, 0.4) is 0 Å². The Morgan fingerprint density at radius 1 is 1.00 bits per heavy atom. The molecule has 3 N–H and O–H groups in total. The molecule has 0 bridgehead atoms. The molecule has 0 aliphatic carbocycles.